The lowest BCUT2D eigenvalue weighted by atomic mass is 9.74. The lowest BCUT2D eigenvalue weighted by Gasteiger charge is -2.42. The number of halogens is 3. The summed E-state index contributed by atoms with van der Waals surface area (Å²) in [5.41, 5.74) is -2.17. The molecule has 0 saturated carbocycles. The van der Waals surface area contributed by atoms with Crippen molar-refractivity contribution in [3.05, 3.63) is 104 Å². The Kier molecular flexibility index (Phi) is 8.65. The number of hydrogen-bond acceptors (Lipinski definition) is 5. The van der Waals surface area contributed by atoms with E-state index in [-0.39, 0.29) is 22.6 Å². The molecule has 3 aromatic carbocycles. The molecule has 7 nitrogen and oxygen atoms in total. The highest BCUT2D eigenvalue weighted by atomic mass is 35.5. The zero-order chi connectivity index (χ0) is 30.2. The fraction of sp³-hybridized carbons (Fsp3) is 0.375. The first-order chi connectivity index (χ1) is 20.1. The van der Waals surface area contributed by atoms with Crippen LogP contribution in [0.1, 0.15) is 71.3 Å². The molecule has 3 aromatic rings. The number of fused-ring (bicyclic) bond motifs is 1. The van der Waals surface area contributed by atoms with Crippen LogP contribution in [0.2, 0.25) is 10.0 Å². The van der Waals surface area contributed by atoms with E-state index in [1.54, 1.807) is 48.5 Å². The number of benzene rings is 3. The van der Waals surface area contributed by atoms with Gasteiger partial charge in [0.1, 0.15) is 5.82 Å². The minimum absolute atomic E-state index is 0.00918. The van der Waals surface area contributed by atoms with Crippen LogP contribution in [-0.4, -0.2) is 47.3 Å². The Morgan fingerprint density at radius 3 is 2.26 bits per heavy atom. The molecule has 10 heteroatoms. The molecular weight excluding hydrogens is 584 g/mol. The number of rotatable bonds is 9. The van der Waals surface area contributed by atoms with Gasteiger partial charge in [0.05, 0.1) is 29.2 Å². The van der Waals surface area contributed by atoms with Crippen molar-refractivity contribution in [2.45, 2.75) is 50.0 Å². The third-order valence-corrected chi connectivity index (χ3v) is 9.12. The van der Waals surface area contributed by atoms with Gasteiger partial charge in [-0.15, -0.1) is 0 Å². The van der Waals surface area contributed by atoms with E-state index in [1.807, 2.05) is 6.92 Å². The molecule has 0 aliphatic carbocycles. The first kappa shape index (κ1) is 30.4. The minimum Gasteiger partial charge on any atom is -0.481 e. The van der Waals surface area contributed by atoms with Crippen LogP contribution in [0, 0.1) is 11.7 Å². The topological polar surface area (TPSA) is 96.3 Å². The van der Waals surface area contributed by atoms with Crippen LogP contribution in [-0.2, 0) is 25.6 Å². The third kappa shape index (κ3) is 5.09. The molecule has 0 aromatic heterocycles. The van der Waals surface area contributed by atoms with Crippen LogP contribution >= 0.6 is 23.2 Å². The van der Waals surface area contributed by atoms with Gasteiger partial charge in [-0.3, -0.25) is 14.5 Å². The van der Waals surface area contributed by atoms with Crippen LogP contribution in [0.15, 0.2) is 60.7 Å². The lowest BCUT2D eigenvalue weighted by Crippen LogP contribution is -2.49. The molecule has 2 N–H and O–H groups in total. The first-order valence-electron chi connectivity index (χ1n) is 13.8. The van der Waals surface area contributed by atoms with Crippen LogP contribution in [0.4, 0.5) is 4.39 Å². The Hall–Kier alpha value is -3.01. The lowest BCUT2D eigenvalue weighted by molar-refractivity contribution is -0.142. The number of ether oxygens (including phenoxy) is 2. The van der Waals surface area contributed by atoms with Gasteiger partial charge in [-0.1, -0.05) is 54.4 Å². The second-order valence-electron chi connectivity index (χ2n) is 10.7. The normalized spacial score (nSPS) is 21.2. The molecule has 5 rings (SSSR count). The van der Waals surface area contributed by atoms with E-state index in [4.69, 9.17) is 32.7 Å². The van der Waals surface area contributed by atoms with Crippen molar-refractivity contribution in [2.24, 2.45) is 5.92 Å². The van der Waals surface area contributed by atoms with Gasteiger partial charge in [-0.25, -0.2) is 4.39 Å². The highest BCUT2D eigenvalue weighted by molar-refractivity contribution is 6.30. The summed E-state index contributed by atoms with van der Waals surface area (Å²) in [6.45, 7) is 2.79. The number of hydrogen-bond donors (Lipinski definition) is 2. The largest absolute Gasteiger partial charge is 0.481 e. The fourth-order valence-corrected chi connectivity index (χ4v) is 6.77. The Morgan fingerprint density at radius 1 is 1.12 bits per heavy atom. The maximum atomic E-state index is 16.6. The summed E-state index contributed by atoms with van der Waals surface area (Å²) in [6, 6.07) is 14.6. The van der Waals surface area contributed by atoms with Gasteiger partial charge in [-0.05, 0) is 72.7 Å². The quantitative estimate of drug-likeness (QED) is 0.279. The SMILES string of the molecule is CCC(O)(c1cc(F)c2c(c1)C(=O)N([C@@H](CC(=O)O)c1ccc(Cl)cc1)C2(OC)c1ccc(Cl)cc1)C1CCOCC1. The van der Waals surface area contributed by atoms with Crippen LogP contribution < -0.4 is 0 Å². The van der Waals surface area contributed by atoms with Crippen molar-refractivity contribution >= 4 is 35.1 Å². The Morgan fingerprint density at radius 2 is 1.71 bits per heavy atom. The number of carbonyl (C=O) groups is 2. The van der Waals surface area contributed by atoms with Gasteiger partial charge >= 0.3 is 5.97 Å². The second-order valence-corrected chi connectivity index (χ2v) is 11.6. The summed E-state index contributed by atoms with van der Waals surface area (Å²) in [7, 11) is 1.35. The van der Waals surface area contributed by atoms with E-state index in [9.17, 15) is 19.8 Å². The van der Waals surface area contributed by atoms with Crippen molar-refractivity contribution in [1.29, 1.82) is 0 Å². The van der Waals surface area contributed by atoms with Gasteiger partial charge in [0.2, 0.25) is 0 Å². The van der Waals surface area contributed by atoms with Gasteiger partial charge in [0.25, 0.3) is 5.91 Å². The molecule has 1 saturated heterocycles. The molecule has 42 heavy (non-hydrogen) atoms. The van der Waals surface area contributed by atoms with Crippen molar-refractivity contribution in [3.63, 3.8) is 0 Å². The smallest absolute Gasteiger partial charge is 0.305 e. The summed E-state index contributed by atoms with van der Waals surface area (Å²) < 4.78 is 28.2. The van der Waals surface area contributed by atoms with Gasteiger partial charge < -0.3 is 19.7 Å². The van der Waals surface area contributed by atoms with E-state index in [2.05, 4.69) is 0 Å². The average Bonchev–Trinajstić information content (AvgIpc) is 3.25. The maximum Gasteiger partial charge on any atom is 0.305 e. The molecule has 1 fully saturated rings. The van der Waals surface area contributed by atoms with Crippen molar-refractivity contribution in [3.8, 4) is 0 Å². The fourth-order valence-electron chi connectivity index (χ4n) is 6.51. The molecule has 3 atom stereocenters. The Balaban J connectivity index is 1.77. The Bertz CT molecular complexity index is 1480. The molecule has 2 aliphatic rings. The van der Waals surface area contributed by atoms with Gasteiger partial charge in [0, 0.05) is 35.9 Å². The number of carboxylic acid groups (broad SMARTS) is 1. The van der Waals surface area contributed by atoms with Crippen molar-refractivity contribution < 1.29 is 33.7 Å². The number of carboxylic acids is 1. The van der Waals surface area contributed by atoms with Crippen molar-refractivity contribution in [1.82, 2.24) is 4.90 Å². The zero-order valence-electron chi connectivity index (χ0n) is 23.3. The summed E-state index contributed by atoms with van der Waals surface area (Å²) in [5.74, 6) is -2.74. The zero-order valence-corrected chi connectivity index (χ0v) is 24.8. The molecule has 2 heterocycles. The van der Waals surface area contributed by atoms with Crippen molar-refractivity contribution in [2.75, 3.05) is 20.3 Å². The highest BCUT2D eigenvalue weighted by Crippen LogP contribution is 2.52. The first-order valence-corrected chi connectivity index (χ1v) is 14.6. The third-order valence-electron chi connectivity index (χ3n) is 8.62. The molecule has 1 amide bonds. The number of carbonyl (C=O) groups excluding carboxylic acids is 1. The predicted molar refractivity (Wildman–Crippen MR) is 156 cm³/mol. The van der Waals surface area contributed by atoms with Gasteiger partial charge in [0.15, 0.2) is 5.72 Å². The predicted octanol–water partition coefficient (Wildman–Crippen LogP) is 6.68. The van der Waals surface area contributed by atoms with E-state index in [0.29, 0.717) is 53.6 Å². The number of aliphatic hydroxyl groups is 1. The standard InChI is InChI=1S/C32H32Cl2FNO6/c1-3-31(40,20-12-14-42-15-13-20)22-16-25-29(26(35)17-22)32(41-2,21-6-10-24(34)11-7-21)36(30(25)39)27(18-28(37)38)19-4-8-23(33)9-5-19/h4-11,16-17,20,27,40H,3,12-15,18H2,1-2H3,(H,37,38)/t27-,31?,32?/m0/s1. The van der Waals surface area contributed by atoms with E-state index >= 15 is 4.39 Å². The number of amides is 1. The molecular formula is C32H32Cl2FNO6. The number of nitrogens with zero attached hydrogens (tertiary/aromatic N) is 1. The molecule has 2 aliphatic heterocycles. The summed E-state index contributed by atoms with van der Waals surface area (Å²) >= 11 is 12.3. The van der Waals surface area contributed by atoms with Crippen LogP contribution in [0.5, 0.6) is 0 Å². The average molecular weight is 617 g/mol. The summed E-state index contributed by atoms with van der Waals surface area (Å²) in [5, 5.41) is 22.7. The number of methoxy groups -OCH3 is 1. The molecule has 0 radical (unpaired) electrons. The minimum atomic E-state index is -1.84. The highest BCUT2D eigenvalue weighted by Gasteiger charge is 2.57. The van der Waals surface area contributed by atoms with E-state index in [0.717, 1.165) is 0 Å². The maximum absolute atomic E-state index is 16.6. The van der Waals surface area contributed by atoms with E-state index in [1.165, 1.54) is 24.1 Å². The molecule has 0 bridgehead atoms. The van der Waals surface area contributed by atoms with Crippen LogP contribution in [0.3, 0.4) is 0 Å². The second kappa shape index (κ2) is 11.9. The Labute approximate surface area is 253 Å². The van der Waals surface area contributed by atoms with Gasteiger partial charge in [-0.2, -0.15) is 0 Å². The summed E-state index contributed by atoms with van der Waals surface area (Å²) in [4.78, 5) is 28.0. The van der Waals surface area contributed by atoms with Crippen LogP contribution in [0.25, 0.3) is 0 Å². The molecule has 222 valence electrons. The monoisotopic (exact) mass is 615 g/mol. The summed E-state index contributed by atoms with van der Waals surface area (Å²) in [6.07, 6.45) is 0.989. The number of aliphatic carboxylic acids is 1. The molecule has 0 spiro atoms. The van der Waals surface area contributed by atoms with E-state index < -0.39 is 41.5 Å². The molecule has 2 unspecified atom stereocenters.